The number of carbonyl (C=O) groups excluding carboxylic acids is 2. The molecular weight excluding hydrogens is 583 g/mol. The molecule has 1 aliphatic heterocycles. The first-order chi connectivity index (χ1) is 18.9. The molecule has 2 aromatic carbocycles. The Morgan fingerprint density at radius 3 is 2.52 bits per heavy atom. The zero-order valence-electron chi connectivity index (χ0n) is 21.2. The molecule has 0 radical (unpaired) electrons. The molecule has 0 unspecified atom stereocenters. The molecule has 40 heavy (non-hydrogen) atoms. The van der Waals surface area contributed by atoms with Crippen molar-refractivity contribution in [1.82, 2.24) is 5.32 Å². The van der Waals surface area contributed by atoms with E-state index >= 15 is 0 Å². The first-order valence-electron chi connectivity index (χ1n) is 11.9. The van der Waals surface area contributed by atoms with Crippen LogP contribution in [0.25, 0.3) is 0 Å². The van der Waals surface area contributed by atoms with E-state index in [0.717, 1.165) is 22.5 Å². The molecule has 12 heteroatoms. The topological polar surface area (TPSA) is 102 Å². The Hall–Kier alpha value is -3.30. The van der Waals surface area contributed by atoms with Gasteiger partial charge in [0.2, 0.25) is 11.6 Å². The van der Waals surface area contributed by atoms with E-state index in [2.05, 4.69) is 5.32 Å². The van der Waals surface area contributed by atoms with Crippen LogP contribution in [0.15, 0.2) is 70.6 Å². The quantitative estimate of drug-likeness (QED) is 0.264. The van der Waals surface area contributed by atoms with Crippen LogP contribution in [0.1, 0.15) is 32.3 Å². The number of aryl methyl sites for hydroxylation is 2. The molecule has 0 fully saturated rings. The summed E-state index contributed by atoms with van der Waals surface area (Å²) in [5.41, 5.74) is -1.64. The van der Waals surface area contributed by atoms with Gasteiger partial charge < -0.3 is 15.7 Å². The lowest BCUT2D eigenvalue weighted by atomic mass is 9.70. The van der Waals surface area contributed by atoms with E-state index in [1.165, 1.54) is 35.7 Å². The first kappa shape index (κ1) is 29.7. The summed E-state index contributed by atoms with van der Waals surface area (Å²) in [5.74, 6) is -5.67. The average Bonchev–Trinajstić information content (AvgIpc) is 3.43. The summed E-state index contributed by atoms with van der Waals surface area (Å²) in [6, 6.07) is 16.1. The molecular formula is C28H23ClF3N3O3S2. The number of ketones is 1. The highest BCUT2D eigenvalue weighted by molar-refractivity contribution is 8.03. The lowest BCUT2D eigenvalue weighted by Gasteiger charge is -2.45. The lowest BCUT2D eigenvalue weighted by molar-refractivity contribution is -0.285. The molecule has 3 aromatic rings. The average molecular weight is 606 g/mol. The van der Waals surface area contributed by atoms with Crippen LogP contribution in [0.4, 0.5) is 18.9 Å². The smallest absolute Gasteiger partial charge is 0.363 e. The number of anilines is 1. The number of nitrogens with zero attached hydrogens (tertiary/aromatic N) is 1. The number of benzene rings is 2. The van der Waals surface area contributed by atoms with Crippen LogP contribution in [-0.2, 0) is 4.79 Å². The zero-order chi connectivity index (χ0) is 29.2. The van der Waals surface area contributed by atoms with Crippen LogP contribution in [0.2, 0.25) is 5.02 Å². The number of aliphatic hydroxyl groups is 1. The van der Waals surface area contributed by atoms with E-state index in [4.69, 9.17) is 11.6 Å². The molecule has 3 atom stereocenters. The normalized spacial score (nSPS) is 20.9. The molecule has 3 N–H and O–H groups in total. The number of rotatable bonds is 7. The fourth-order valence-corrected chi connectivity index (χ4v) is 6.46. The van der Waals surface area contributed by atoms with Gasteiger partial charge in [-0.05, 0) is 48.6 Å². The third-order valence-corrected chi connectivity index (χ3v) is 8.73. The highest BCUT2D eigenvalue weighted by atomic mass is 35.5. The number of thiophene rings is 1. The summed E-state index contributed by atoms with van der Waals surface area (Å²) in [6.45, 7) is 3.70. The summed E-state index contributed by atoms with van der Waals surface area (Å²) < 4.78 is 43.9. The van der Waals surface area contributed by atoms with E-state index in [1.807, 2.05) is 24.4 Å². The van der Waals surface area contributed by atoms with Crippen LogP contribution in [0.5, 0.6) is 0 Å². The van der Waals surface area contributed by atoms with E-state index < -0.39 is 35.4 Å². The fourth-order valence-electron chi connectivity index (χ4n) is 4.60. The summed E-state index contributed by atoms with van der Waals surface area (Å²) in [6.07, 6.45) is -5.35. The maximum absolute atomic E-state index is 14.6. The minimum absolute atomic E-state index is 0.0206. The number of nitriles is 1. The largest absolute Gasteiger partial charge is 0.437 e. The minimum Gasteiger partial charge on any atom is -0.363 e. The van der Waals surface area contributed by atoms with Crippen molar-refractivity contribution in [2.24, 2.45) is 5.92 Å². The third-order valence-electron chi connectivity index (χ3n) is 6.49. The predicted molar refractivity (Wildman–Crippen MR) is 150 cm³/mol. The van der Waals surface area contributed by atoms with Crippen molar-refractivity contribution in [3.63, 3.8) is 0 Å². The molecule has 0 aliphatic carbocycles. The Morgan fingerprint density at radius 2 is 1.93 bits per heavy atom. The Kier molecular flexibility index (Phi) is 8.66. The molecule has 0 spiro atoms. The Balaban J connectivity index is 1.79. The van der Waals surface area contributed by atoms with Crippen molar-refractivity contribution in [3.8, 4) is 6.07 Å². The van der Waals surface area contributed by atoms with Gasteiger partial charge in [0, 0.05) is 16.6 Å². The van der Waals surface area contributed by atoms with Crippen molar-refractivity contribution in [1.29, 1.82) is 5.26 Å². The van der Waals surface area contributed by atoms with Gasteiger partial charge in [-0.25, -0.2) is 0 Å². The van der Waals surface area contributed by atoms with Crippen molar-refractivity contribution in [2.45, 2.75) is 31.7 Å². The number of nitrogens with one attached hydrogen (secondary N) is 2. The number of hydrogen-bond donors (Lipinski definition) is 3. The number of alkyl halides is 3. The van der Waals surface area contributed by atoms with Crippen molar-refractivity contribution in [2.75, 3.05) is 11.1 Å². The summed E-state index contributed by atoms with van der Waals surface area (Å²) >= 11 is 7.92. The van der Waals surface area contributed by atoms with E-state index in [-0.39, 0.29) is 31.8 Å². The predicted octanol–water partition coefficient (Wildman–Crippen LogP) is 6.56. The van der Waals surface area contributed by atoms with Gasteiger partial charge >= 0.3 is 6.18 Å². The van der Waals surface area contributed by atoms with Gasteiger partial charge in [-0.3, -0.25) is 9.59 Å². The highest BCUT2D eigenvalue weighted by Crippen LogP contribution is 2.52. The third kappa shape index (κ3) is 5.76. The van der Waals surface area contributed by atoms with E-state index in [9.17, 15) is 33.1 Å². The Bertz CT molecular complexity index is 1520. The monoisotopic (exact) mass is 605 g/mol. The van der Waals surface area contributed by atoms with Gasteiger partial charge in [0.25, 0.3) is 0 Å². The van der Waals surface area contributed by atoms with Gasteiger partial charge in [-0.2, -0.15) is 18.4 Å². The first-order valence-corrected chi connectivity index (χ1v) is 14.1. The molecule has 2 heterocycles. The number of hydrogen-bond acceptors (Lipinski definition) is 7. The van der Waals surface area contributed by atoms with Crippen molar-refractivity contribution >= 4 is 52.1 Å². The van der Waals surface area contributed by atoms with Gasteiger partial charge in [-0.1, -0.05) is 65.3 Å². The van der Waals surface area contributed by atoms with Crippen LogP contribution < -0.4 is 10.6 Å². The van der Waals surface area contributed by atoms with E-state index in [0.29, 0.717) is 17.4 Å². The Morgan fingerprint density at radius 1 is 1.20 bits per heavy atom. The van der Waals surface area contributed by atoms with Crippen LogP contribution in [0, 0.1) is 31.1 Å². The summed E-state index contributed by atoms with van der Waals surface area (Å²) in [4.78, 5) is 26.3. The molecule has 6 nitrogen and oxygen atoms in total. The van der Waals surface area contributed by atoms with Gasteiger partial charge in [0.05, 0.1) is 33.2 Å². The number of allylic oxidation sites excluding steroid dienone is 1. The number of amides is 1. The summed E-state index contributed by atoms with van der Waals surface area (Å²) in [5, 5.41) is 27.3. The Labute approximate surface area is 241 Å². The zero-order valence-corrected chi connectivity index (χ0v) is 23.6. The molecule has 0 bridgehead atoms. The van der Waals surface area contributed by atoms with E-state index in [1.54, 1.807) is 25.1 Å². The summed E-state index contributed by atoms with van der Waals surface area (Å²) in [7, 11) is 0. The van der Waals surface area contributed by atoms with Crippen molar-refractivity contribution in [3.05, 3.63) is 97.2 Å². The molecule has 0 saturated heterocycles. The van der Waals surface area contributed by atoms with Crippen molar-refractivity contribution < 1.29 is 27.9 Å². The van der Waals surface area contributed by atoms with Gasteiger partial charge in [0.15, 0.2) is 5.78 Å². The van der Waals surface area contributed by atoms with Crippen LogP contribution in [-0.4, -0.2) is 34.5 Å². The molecule has 208 valence electrons. The number of halogens is 4. The second kappa shape index (κ2) is 11.7. The van der Waals surface area contributed by atoms with Crippen LogP contribution >= 0.6 is 34.7 Å². The second-order valence-corrected chi connectivity index (χ2v) is 11.6. The molecule has 1 aromatic heterocycles. The lowest BCUT2D eigenvalue weighted by Crippen LogP contribution is -2.66. The van der Waals surface area contributed by atoms with Gasteiger partial charge in [0.1, 0.15) is 0 Å². The standard InChI is InChI=1S/C28H23ClF3N3O3S2/c1-15-9-10-20(16(2)12-15)34-22(36)14-40-26-18(13-33)23(17-6-3-4-7-19(17)29)24(25(37)21-8-5-11-39-21)27(38,35-26)28(30,31)32/h3-12,23-24,35,38H,14H2,1-2H3,(H,34,36)/t23-,24+,27-/m0/s1. The number of Topliss-reactive ketones (excluding diaryl/α,β-unsaturated/α-hetero) is 1. The van der Waals surface area contributed by atoms with Crippen LogP contribution in [0.3, 0.4) is 0 Å². The minimum atomic E-state index is -5.35. The number of carbonyl (C=O) groups is 2. The molecule has 1 aliphatic rings. The maximum atomic E-state index is 14.6. The maximum Gasteiger partial charge on any atom is 0.437 e. The fraction of sp³-hybridized carbons (Fsp3) is 0.250. The molecule has 0 saturated carbocycles. The van der Waals surface area contributed by atoms with Gasteiger partial charge in [-0.15, -0.1) is 11.3 Å². The molecule has 4 rings (SSSR count). The SMILES string of the molecule is Cc1ccc(NC(=O)CSC2=C(C#N)[C@H](c3ccccc3Cl)[C@H](C(=O)c3cccs3)[C@](O)(C(F)(F)F)N2)c(C)c1. The molecule has 1 amide bonds. The second-order valence-electron chi connectivity index (χ2n) is 9.22. The number of thioether (sulfide) groups is 1. The highest BCUT2D eigenvalue weighted by Gasteiger charge is 2.66.